The van der Waals surface area contributed by atoms with E-state index < -0.39 is 11.0 Å². The van der Waals surface area contributed by atoms with Crippen molar-refractivity contribution in [3.63, 3.8) is 0 Å². The number of halogens is 2. The monoisotopic (exact) mass is 218 g/mol. The molecule has 0 aromatic heterocycles. The maximum absolute atomic E-state index is 9.64. The van der Waals surface area contributed by atoms with Crippen LogP contribution >= 0.6 is 23.2 Å². The van der Waals surface area contributed by atoms with Crippen molar-refractivity contribution in [1.82, 2.24) is 0 Å². The average Bonchev–Trinajstić information content (AvgIpc) is 2.03. The number of hydrogen-bond donors (Lipinski definition) is 1. The molecule has 0 radical (unpaired) electrons. The van der Waals surface area contributed by atoms with Crippen molar-refractivity contribution in [1.29, 1.82) is 0 Å². The van der Waals surface area contributed by atoms with Gasteiger partial charge >= 0.3 is 0 Å². The molecule has 0 heterocycles. The zero-order valence-corrected chi connectivity index (χ0v) is 9.10. The molecule has 13 heavy (non-hydrogen) atoms. The Morgan fingerprint density at radius 1 is 1.23 bits per heavy atom. The molecule has 1 unspecified atom stereocenters. The summed E-state index contributed by atoms with van der Waals surface area (Å²) in [4.78, 5) is 0. The van der Waals surface area contributed by atoms with Crippen molar-refractivity contribution < 1.29 is 5.11 Å². The van der Waals surface area contributed by atoms with Crippen LogP contribution in [0.3, 0.4) is 0 Å². The van der Waals surface area contributed by atoms with Gasteiger partial charge in [-0.25, -0.2) is 0 Å². The SMILES string of the molecule is CC(C)(O)C(Cl)c1ccc(Cl)cc1. The van der Waals surface area contributed by atoms with Gasteiger partial charge in [-0.2, -0.15) is 0 Å². The molecule has 0 saturated heterocycles. The first-order valence-corrected chi connectivity index (χ1v) is 4.84. The summed E-state index contributed by atoms with van der Waals surface area (Å²) in [6, 6.07) is 7.16. The Labute approximate surface area is 88.3 Å². The van der Waals surface area contributed by atoms with Crippen molar-refractivity contribution in [2.45, 2.75) is 24.8 Å². The third-order valence-electron chi connectivity index (χ3n) is 1.78. The van der Waals surface area contributed by atoms with Crippen molar-refractivity contribution in [2.75, 3.05) is 0 Å². The van der Waals surface area contributed by atoms with Crippen LogP contribution < -0.4 is 0 Å². The lowest BCUT2D eigenvalue weighted by atomic mass is 9.98. The lowest BCUT2D eigenvalue weighted by Gasteiger charge is -2.23. The van der Waals surface area contributed by atoms with Gasteiger partial charge in [0.1, 0.15) is 0 Å². The molecule has 1 rings (SSSR count). The summed E-state index contributed by atoms with van der Waals surface area (Å²) in [5.41, 5.74) is -0.0476. The molecule has 1 N–H and O–H groups in total. The quantitative estimate of drug-likeness (QED) is 0.756. The maximum atomic E-state index is 9.64. The van der Waals surface area contributed by atoms with Gasteiger partial charge < -0.3 is 5.11 Å². The van der Waals surface area contributed by atoms with E-state index in [2.05, 4.69) is 0 Å². The van der Waals surface area contributed by atoms with Crippen LogP contribution in [0.1, 0.15) is 24.8 Å². The van der Waals surface area contributed by atoms with Crippen molar-refractivity contribution in [3.8, 4) is 0 Å². The molecule has 0 amide bonds. The molecule has 0 aliphatic heterocycles. The Hall–Kier alpha value is -0.240. The summed E-state index contributed by atoms with van der Waals surface area (Å²) < 4.78 is 0. The minimum absolute atomic E-state index is 0.412. The highest BCUT2D eigenvalue weighted by Gasteiger charge is 2.25. The standard InChI is InChI=1S/C10H12Cl2O/c1-10(2,13)9(12)7-3-5-8(11)6-4-7/h3-6,9,13H,1-2H3. The fourth-order valence-corrected chi connectivity index (χ4v) is 1.31. The van der Waals surface area contributed by atoms with Crippen LogP contribution in [0, 0.1) is 0 Å². The predicted molar refractivity (Wildman–Crippen MR) is 56.3 cm³/mol. The van der Waals surface area contributed by atoms with Gasteiger partial charge in [-0.05, 0) is 31.5 Å². The highest BCUT2D eigenvalue weighted by atomic mass is 35.5. The fourth-order valence-electron chi connectivity index (χ4n) is 1.04. The minimum atomic E-state index is -0.921. The second-order valence-electron chi connectivity index (χ2n) is 3.57. The van der Waals surface area contributed by atoms with Crippen LogP contribution in [0.15, 0.2) is 24.3 Å². The molecular formula is C10H12Cl2O. The number of benzene rings is 1. The highest BCUT2D eigenvalue weighted by molar-refractivity contribution is 6.30. The van der Waals surface area contributed by atoms with E-state index in [1.165, 1.54) is 0 Å². The van der Waals surface area contributed by atoms with Gasteiger partial charge in [0.05, 0.1) is 11.0 Å². The first-order chi connectivity index (χ1) is 5.91. The van der Waals surface area contributed by atoms with Crippen LogP contribution in [0.5, 0.6) is 0 Å². The molecule has 0 bridgehead atoms. The number of rotatable bonds is 2. The average molecular weight is 219 g/mol. The van der Waals surface area contributed by atoms with E-state index in [0.29, 0.717) is 5.02 Å². The Kier molecular flexibility index (Phi) is 3.23. The van der Waals surface area contributed by atoms with Crippen LogP contribution in [0.2, 0.25) is 5.02 Å². The molecule has 1 aromatic carbocycles. The van der Waals surface area contributed by atoms with E-state index in [4.69, 9.17) is 23.2 Å². The van der Waals surface area contributed by atoms with Gasteiger partial charge in [0.2, 0.25) is 0 Å². The van der Waals surface area contributed by atoms with Crippen LogP contribution in [-0.4, -0.2) is 10.7 Å². The molecule has 3 heteroatoms. The number of aliphatic hydroxyl groups is 1. The minimum Gasteiger partial charge on any atom is -0.389 e. The predicted octanol–water partition coefficient (Wildman–Crippen LogP) is 3.39. The summed E-state index contributed by atoms with van der Waals surface area (Å²) in [6.45, 7) is 3.36. The summed E-state index contributed by atoms with van der Waals surface area (Å²) >= 11 is 11.8. The van der Waals surface area contributed by atoms with Gasteiger partial charge in [0.25, 0.3) is 0 Å². The van der Waals surface area contributed by atoms with Crippen molar-refractivity contribution >= 4 is 23.2 Å². The number of alkyl halides is 1. The molecule has 1 atom stereocenters. The van der Waals surface area contributed by atoms with Gasteiger partial charge in [-0.3, -0.25) is 0 Å². The lowest BCUT2D eigenvalue weighted by Crippen LogP contribution is -2.24. The molecule has 0 spiro atoms. The molecule has 72 valence electrons. The largest absolute Gasteiger partial charge is 0.389 e. The number of hydrogen-bond acceptors (Lipinski definition) is 1. The second-order valence-corrected chi connectivity index (χ2v) is 4.44. The molecule has 0 saturated carbocycles. The van der Waals surface area contributed by atoms with Gasteiger partial charge in [-0.1, -0.05) is 23.7 Å². The molecule has 1 nitrogen and oxygen atoms in total. The zero-order chi connectivity index (χ0) is 10.1. The van der Waals surface area contributed by atoms with Crippen LogP contribution in [0.25, 0.3) is 0 Å². The van der Waals surface area contributed by atoms with Crippen LogP contribution in [-0.2, 0) is 0 Å². The molecule has 0 aliphatic carbocycles. The Morgan fingerprint density at radius 2 is 1.69 bits per heavy atom. The van der Waals surface area contributed by atoms with Crippen molar-refractivity contribution in [3.05, 3.63) is 34.9 Å². The Morgan fingerprint density at radius 3 is 2.08 bits per heavy atom. The third-order valence-corrected chi connectivity index (χ3v) is 2.82. The van der Waals surface area contributed by atoms with Crippen LogP contribution in [0.4, 0.5) is 0 Å². The van der Waals surface area contributed by atoms with E-state index >= 15 is 0 Å². The smallest absolute Gasteiger partial charge is 0.0867 e. The maximum Gasteiger partial charge on any atom is 0.0867 e. The molecule has 0 aliphatic rings. The van der Waals surface area contributed by atoms with E-state index in [1.54, 1.807) is 26.0 Å². The van der Waals surface area contributed by atoms with E-state index in [9.17, 15) is 5.11 Å². The molecule has 1 aromatic rings. The highest BCUT2D eigenvalue weighted by Crippen LogP contribution is 2.32. The van der Waals surface area contributed by atoms with Gasteiger partial charge in [0, 0.05) is 5.02 Å². The normalized spacial score (nSPS) is 14.2. The first kappa shape index (κ1) is 10.8. The summed E-state index contributed by atoms with van der Waals surface area (Å²) in [6.07, 6.45) is 0. The molecule has 0 fully saturated rings. The fraction of sp³-hybridized carbons (Fsp3) is 0.400. The lowest BCUT2D eigenvalue weighted by molar-refractivity contribution is 0.0754. The topological polar surface area (TPSA) is 20.2 Å². The third kappa shape index (κ3) is 2.87. The van der Waals surface area contributed by atoms with E-state index in [0.717, 1.165) is 5.56 Å². The Balaban J connectivity index is 2.90. The van der Waals surface area contributed by atoms with Crippen molar-refractivity contribution in [2.24, 2.45) is 0 Å². The first-order valence-electron chi connectivity index (χ1n) is 4.03. The Bertz CT molecular complexity index is 274. The summed E-state index contributed by atoms with van der Waals surface area (Å²) in [7, 11) is 0. The summed E-state index contributed by atoms with van der Waals surface area (Å²) in [5.74, 6) is 0. The zero-order valence-electron chi connectivity index (χ0n) is 7.59. The van der Waals surface area contributed by atoms with E-state index in [-0.39, 0.29) is 0 Å². The molecular weight excluding hydrogens is 207 g/mol. The van der Waals surface area contributed by atoms with E-state index in [1.807, 2.05) is 12.1 Å². The van der Waals surface area contributed by atoms with Gasteiger partial charge in [-0.15, -0.1) is 11.6 Å². The second kappa shape index (κ2) is 3.87. The summed E-state index contributed by atoms with van der Waals surface area (Å²) in [5, 5.41) is 9.90. The van der Waals surface area contributed by atoms with Gasteiger partial charge in [0.15, 0.2) is 0 Å².